The average Bonchev–Trinajstić information content (AvgIpc) is 3.32. The second-order valence-corrected chi connectivity index (χ2v) is 8.75. The normalized spacial score (nSPS) is 23.0. The number of alkyl halides is 2. The predicted octanol–water partition coefficient (Wildman–Crippen LogP) is 4.96. The molecule has 8 heteroatoms. The molecule has 2 fully saturated rings. The number of ether oxygens (including phenoxy) is 1. The van der Waals surface area contributed by atoms with Crippen molar-refractivity contribution in [3.05, 3.63) is 29.9 Å². The van der Waals surface area contributed by atoms with Crippen LogP contribution in [0.5, 0.6) is 5.75 Å². The van der Waals surface area contributed by atoms with Gasteiger partial charge in [-0.05, 0) is 68.7 Å². The van der Waals surface area contributed by atoms with Crippen molar-refractivity contribution in [3.8, 4) is 17.2 Å². The first-order valence-corrected chi connectivity index (χ1v) is 10.6. The van der Waals surface area contributed by atoms with E-state index < -0.39 is 11.7 Å². The lowest BCUT2D eigenvalue weighted by Gasteiger charge is -2.33. The van der Waals surface area contributed by atoms with Gasteiger partial charge in [-0.1, -0.05) is 0 Å². The fourth-order valence-electron chi connectivity index (χ4n) is 4.60. The second-order valence-electron chi connectivity index (χ2n) is 8.75. The lowest BCUT2D eigenvalue weighted by molar-refractivity contribution is -0.0232. The van der Waals surface area contributed by atoms with Crippen molar-refractivity contribution in [3.63, 3.8) is 0 Å². The maximum absolute atomic E-state index is 14.3. The van der Waals surface area contributed by atoms with Crippen molar-refractivity contribution in [2.45, 2.75) is 45.5 Å². The molecule has 0 spiro atoms. The molecule has 0 amide bonds. The molecule has 1 saturated carbocycles. The van der Waals surface area contributed by atoms with E-state index in [4.69, 9.17) is 9.15 Å². The van der Waals surface area contributed by atoms with E-state index >= 15 is 0 Å². The number of hydrogen-bond donors (Lipinski definition) is 0. The van der Waals surface area contributed by atoms with Crippen LogP contribution >= 0.6 is 0 Å². The van der Waals surface area contributed by atoms with E-state index in [-0.39, 0.29) is 18.0 Å². The van der Waals surface area contributed by atoms with Gasteiger partial charge in [0.1, 0.15) is 11.6 Å². The van der Waals surface area contributed by atoms with Crippen molar-refractivity contribution in [2.24, 2.45) is 17.8 Å². The summed E-state index contributed by atoms with van der Waals surface area (Å²) in [5.74, 6) is -0.107. The number of likely N-dealkylation sites (tertiary alicyclic amines) is 1. The lowest BCUT2D eigenvalue weighted by Crippen LogP contribution is -2.41. The Kier molecular flexibility index (Phi) is 6.04. The average molecular weight is 423 g/mol. The molecule has 1 saturated heterocycles. The second kappa shape index (κ2) is 8.57. The lowest BCUT2D eigenvalue weighted by atomic mass is 9.90. The fraction of sp³-hybridized carbons (Fsp3) is 0.636. The molecule has 1 aliphatic carbocycles. The van der Waals surface area contributed by atoms with E-state index in [0.29, 0.717) is 36.0 Å². The molecule has 1 aromatic carbocycles. The SMILES string of the molecule is Cc1nnc(-c2ccc(OCC[C@@H]3C[C@@H]3C3CCN(CC(C)(F)F)CC3)cc2F)o1. The van der Waals surface area contributed by atoms with Gasteiger partial charge in [0, 0.05) is 19.9 Å². The summed E-state index contributed by atoms with van der Waals surface area (Å²) in [5.41, 5.74) is 0.261. The number of aryl methyl sites for hydroxylation is 1. The third kappa shape index (κ3) is 5.33. The summed E-state index contributed by atoms with van der Waals surface area (Å²) in [6.07, 6.45) is 4.12. The maximum Gasteiger partial charge on any atom is 0.257 e. The van der Waals surface area contributed by atoms with Crippen LogP contribution in [-0.4, -0.2) is 47.3 Å². The summed E-state index contributed by atoms with van der Waals surface area (Å²) < 4.78 is 51.7. The minimum atomic E-state index is -2.62. The highest BCUT2D eigenvalue weighted by Gasteiger charge is 2.43. The molecule has 5 nitrogen and oxygen atoms in total. The van der Waals surface area contributed by atoms with Crippen molar-refractivity contribution >= 4 is 0 Å². The largest absolute Gasteiger partial charge is 0.493 e. The van der Waals surface area contributed by atoms with E-state index in [0.717, 1.165) is 39.3 Å². The van der Waals surface area contributed by atoms with Crippen LogP contribution in [0.4, 0.5) is 13.2 Å². The molecule has 1 aliphatic heterocycles. The van der Waals surface area contributed by atoms with E-state index in [1.807, 2.05) is 4.90 Å². The third-order valence-corrected chi connectivity index (χ3v) is 6.17. The molecule has 30 heavy (non-hydrogen) atoms. The molecule has 0 radical (unpaired) electrons. The van der Waals surface area contributed by atoms with Gasteiger partial charge >= 0.3 is 0 Å². The molecule has 164 valence electrons. The molecule has 2 heterocycles. The number of hydrogen-bond acceptors (Lipinski definition) is 5. The predicted molar refractivity (Wildman–Crippen MR) is 106 cm³/mol. The molecule has 0 bridgehead atoms. The first-order chi connectivity index (χ1) is 14.3. The molecule has 4 rings (SSSR count). The van der Waals surface area contributed by atoms with Crippen LogP contribution < -0.4 is 4.74 Å². The van der Waals surface area contributed by atoms with E-state index in [9.17, 15) is 13.2 Å². The molecular formula is C22H28F3N3O2. The highest BCUT2D eigenvalue weighted by atomic mass is 19.3. The highest BCUT2D eigenvalue weighted by molar-refractivity contribution is 5.55. The van der Waals surface area contributed by atoms with Gasteiger partial charge in [0.05, 0.1) is 18.7 Å². The Bertz CT molecular complexity index is 860. The maximum atomic E-state index is 14.3. The van der Waals surface area contributed by atoms with Crippen molar-refractivity contribution in [1.82, 2.24) is 15.1 Å². The highest BCUT2D eigenvalue weighted by Crippen LogP contribution is 2.49. The summed E-state index contributed by atoms with van der Waals surface area (Å²) in [4.78, 5) is 1.88. The van der Waals surface area contributed by atoms with Gasteiger partial charge in [-0.3, -0.25) is 4.90 Å². The quantitative estimate of drug-likeness (QED) is 0.601. The molecular weight excluding hydrogens is 395 g/mol. The monoisotopic (exact) mass is 423 g/mol. The first-order valence-electron chi connectivity index (χ1n) is 10.6. The van der Waals surface area contributed by atoms with Gasteiger partial charge in [0.25, 0.3) is 11.8 Å². The van der Waals surface area contributed by atoms with Gasteiger partial charge in [-0.2, -0.15) is 0 Å². The number of benzene rings is 1. The number of aromatic nitrogens is 2. The van der Waals surface area contributed by atoms with Gasteiger partial charge in [-0.25, -0.2) is 13.2 Å². The smallest absolute Gasteiger partial charge is 0.257 e. The summed E-state index contributed by atoms with van der Waals surface area (Å²) in [6, 6.07) is 4.64. The molecule has 2 aliphatic rings. The van der Waals surface area contributed by atoms with Gasteiger partial charge in [0.2, 0.25) is 5.89 Å². The van der Waals surface area contributed by atoms with Gasteiger partial charge < -0.3 is 9.15 Å². The van der Waals surface area contributed by atoms with E-state index in [1.165, 1.54) is 12.5 Å². The molecule has 0 N–H and O–H groups in total. The van der Waals surface area contributed by atoms with E-state index in [2.05, 4.69) is 10.2 Å². The summed E-state index contributed by atoms with van der Waals surface area (Å²) in [6.45, 7) is 4.58. The molecule has 2 aromatic rings. The minimum absolute atomic E-state index is 0.136. The Balaban J connectivity index is 1.19. The number of piperidine rings is 1. The summed E-state index contributed by atoms with van der Waals surface area (Å²) >= 11 is 0. The van der Waals surface area contributed by atoms with Crippen LogP contribution in [0.1, 0.15) is 38.5 Å². The van der Waals surface area contributed by atoms with E-state index in [1.54, 1.807) is 19.1 Å². The van der Waals surface area contributed by atoms with Crippen molar-refractivity contribution in [2.75, 3.05) is 26.2 Å². The van der Waals surface area contributed by atoms with Crippen LogP contribution in [0, 0.1) is 30.5 Å². The Morgan fingerprint density at radius 3 is 2.63 bits per heavy atom. The zero-order chi connectivity index (χ0) is 21.3. The van der Waals surface area contributed by atoms with Crippen LogP contribution in [0.2, 0.25) is 0 Å². The number of nitrogens with zero attached hydrogens (tertiary/aromatic N) is 3. The van der Waals surface area contributed by atoms with Gasteiger partial charge in [0.15, 0.2) is 0 Å². The van der Waals surface area contributed by atoms with Crippen LogP contribution in [0.15, 0.2) is 22.6 Å². The first kappa shape index (κ1) is 21.2. The van der Waals surface area contributed by atoms with Crippen LogP contribution in [0.25, 0.3) is 11.5 Å². The van der Waals surface area contributed by atoms with Crippen LogP contribution in [-0.2, 0) is 0 Å². The fourth-order valence-corrected chi connectivity index (χ4v) is 4.60. The zero-order valence-electron chi connectivity index (χ0n) is 17.4. The molecule has 0 unspecified atom stereocenters. The Morgan fingerprint density at radius 2 is 2.00 bits per heavy atom. The van der Waals surface area contributed by atoms with Crippen molar-refractivity contribution < 1.29 is 22.3 Å². The van der Waals surface area contributed by atoms with Gasteiger partial charge in [-0.15, -0.1) is 10.2 Å². The minimum Gasteiger partial charge on any atom is -0.493 e. The Labute approximate surface area is 174 Å². The van der Waals surface area contributed by atoms with Crippen molar-refractivity contribution in [1.29, 1.82) is 0 Å². The topological polar surface area (TPSA) is 51.4 Å². The molecule has 2 atom stereocenters. The number of halogens is 3. The third-order valence-electron chi connectivity index (χ3n) is 6.17. The summed E-state index contributed by atoms with van der Waals surface area (Å²) in [5, 5.41) is 7.55. The summed E-state index contributed by atoms with van der Waals surface area (Å²) in [7, 11) is 0. The zero-order valence-corrected chi connectivity index (χ0v) is 17.4. The Morgan fingerprint density at radius 1 is 1.23 bits per heavy atom. The Hall–Kier alpha value is -2.09. The number of rotatable bonds is 8. The van der Waals surface area contributed by atoms with Crippen LogP contribution in [0.3, 0.4) is 0 Å². The molecule has 1 aromatic heterocycles. The standard InChI is InChI=1S/C22H28F3N3O2/c1-14-26-27-21(30-14)18-4-3-17(12-20(18)23)29-10-7-16-11-19(16)15-5-8-28(9-6-15)13-22(2,24)25/h3-4,12,15-16,19H,5-11,13H2,1-2H3/t16-,19-/m1/s1.